The van der Waals surface area contributed by atoms with E-state index < -0.39 is 5.60 Å². The molecule has 0 spiro atoms. The number of aromatic nitrogens is 1. The molecule has 0 radical (unpaired) electrons. The standard InChI is InChI=1S/C18H26N4O3/c1-14(19-20-16(23)13-21-8-6-5-7-9-21)10-15-11-22(12-15)17(24)25-18(2,3)4/h5-9,15H,10-13H2,1-4H3/p+1/b19-14+. The van der Waals surface area contributed by atoms with Gasteiger partial charge in [0.1, 0.15) is 5.60 Å². The highest BCUT2D eigenvalue weighted by Gasteiger charge is 2.33. The number of nitrogens with zero attached hydrogens (tertiary/aromatic N) is 3. The van der Waals surface area contributed by atoms with E-state index in [9.17, 15) is 9.59 Å². The Balaban J connectivity index is 1.69. The van der Waals surface area contributed by atoms with Gasteiger partial charge in [0.25, 0.3) is 0 Å². The number of hydrazone groups is 1. The van der Waals surface area contributed by atoms with Gasteiger partial charge in [-0.3, -0.25) is 4.79 Å². The molecule has 136 valence electrons. The van der Waals surface area contributed by atoms with Crippen molar-refractivity contribution in [3.05, 3.63) is 30.6 Å². The van der Waals surface area contributed by atoms with Crippen LogP contribution in [0.2, 0.25) is 0 Å². The number of carbonyl (C=O) groups is 2. The predicted octanol–water partition coefficient (Wildman–Crippen LogP) is 1.72. The van der Waals surface area contributed by atoms with Crippen molar-refractivity contribution >= 4 is 17.7 Å². The molecule has 0 aromatic carbocycles. The normalized spacial score (nSPS) is 15.5. The lowest BCUT2D eigenvalue weighted by molar-refractivity contribution is -0.684. The maximum atomic E-state index is 11.9. The van der Waals surface area contributed by atoms with Gasteiger partial charge in [0.05, 0.1) is 0 Å². The molecule has 1 aliphatic heterocycles. The Bertz CT molecular complexity index is 631. The lowest BCUT2D eigenvalue weighted by atomic mass is 9.95. The minimum atomic E-state index is -0.472. The Morgan fingerprint density at radius 1 is 1.24 bits per heavy atom. The lowest BCUT2D eigenvalue weighted by Crippen LogP contribution is -2.52. The van der Waals surface area contributed by atoms with E-state index in [2.05, 4.69) is 10.5 Å². The SMILES string of the molecule is C/C(CC1CN(C(=O)OC(C)(C)C)C1)=N\NC(=O)C[n+]1ccccc1. The van der Waals surface area contributed by atoms with Crippen molar-refractivity contribution in [2.24, 2.45) is 11.0 Å². The van der Waals surface area contributed by atoms with E-state index in [0.717, 1.165) is 12.1 Å². The van der Waals surface area contributed by atoms with Gasteiger partial charge in [-0.2, -0.15) is 9.67 Å². The highest BCUT2D eigenvalue weighted by Crippen LogP contribution is 2.22. The maximum Gasteiger partial charge on any atom is 0.410 e. The Hall–Kier alpha value is -2.44. The number of likely N-dealkylation sites (tertiary alicyclic amines) is 1. The van der Waals surface area contributed by atoms with Gasteiger partial charge >= 0.3 is 12.0 Å². The summed E-state index contributed by atoms with van der Waals surface area (Å²) in [7, 11) is 0. The lowest BCUT2D eigenvalue weighted by Gasteiger charge is -2.39. The van der Waals surface area contributed by atoms with Crippen LogP contribution in [0, 0.1) is 5.92 Å². The highest BCUT2D eigenvalue weighted by atomic mass is 16.6. The van der Waals surface area contributed by atoms with Crippen molar-refractivity contribution in [3.63, 3.8) is 0 Å². The van der Waals surface area contributed by atoms with Gasteiger partial charge in [0.15, 0.2) is 12.4 Å². The summed E-state index contributed by atoms with van der Waals surface area (Å²) in [6, 6.07) is 5.64. The van der Waals surface area contributed by atoms with Crippen molar-refractivity contribution in [1.29, 1.82) is 0 Å². The van der Waals surface area contributed by atoms with Gasteiger partial charge in [-0.25, -0.2) is 10.2 Å². The van der Waals surface area contributed by atoms with E-state index in [1.807, 2.05) is 58.3 Å². The molecule has 0 bridgehead atoms. The quantitative estimate of drug-likeness (QED) is 0.501. The van der Waals surface area contributed by atoms with E-state index in [1.165, 1.54) is 0 Å². The van der Waals surface area contributed by atoms with Crippen LogP contribution in [0.25, 0.3) is 0 Å². The molecule has 1 aromatic rings. The molecule has 7 heteroatoms. The van der Waals surface area contributed by atoms with Crippen LogP contribution in [-0.4, -0.2) is 41.3 Å². The molecular formula is C18H27N4O3+. The van der Waals surface area contributed by atoms with E-state index >= 15 is 0 Å². The smallest absolute Gasteiger partial charge is 0.410 e. The fourth-order valence-electron chi connectivity index (χ4n) is 2.54. The number of hydrogen-bond acceptors (Lipinski definition) is 4. The number of pyridine rings is 1. The van der Waals surface area contributed by atoms with E-state index in [4.69, 9.17) is 4.74 Å². The zero-order chi connectivity index (χ0) is 18.4. The summed E-state index contributed by atoms with van der Waals surface area (Å²) < 4.78 is 7.11. The summed E-state index contributed by atoms with van der Waals surface area (Å²) in [5.41, 5.74) is 2.95. The fourth-order valence-corrected chi connectivity index (χ4v) is 2.54. The molecule has 0 saturated carbocycles. The number of carbonyl (C=O) groups excluding carboxylic acids is 2. The van der Waals surface area contributed by atoms with Crippen LogP contribution in [0.4, 0.5) is 4.79 Å². The van der Waals surface area contributed by atoms with Crippen LogP contribution in [0.15, 0.2) is 35.7 Å². The zero-order valence-electron chi connectivity index (χ0n) is 15.4. The summed E-state index contributed by atoms with van der Waals surface area (Å²) in [5.74, 6) is 0.191. The first kappa shape index (κ1) is 18.9. The van der Waals surface area contributed by atoms with Crippen LogP contribution < -0.4 is 9.99 Å². The van der Waals surface area contributed by atoms with Crippen LogP contribution >= 0.6 is 0 Å². The summed E-state index contributed by atoms with van der Waals surface area (Å²) in [5, 5.41) is 4.14. The van der Waals surface area contributed by atoms with Crippen LogP contribution in [-0.2, 0) is 16.1 Å². The van der Waals surface area contributed by atoms with Crippen molar-refractivity contribution in [1.82, 2.24) is 10.3 Å². The Kier molecular flexibility index (Phi) is 6.12. The van der Waals surface area contributed by atoms with Gasteiger partial charge in [-0.15, -0.1) is 0 Å². The summed E-state index contributed by atoms with van der Waals surface area (Å²) >= 11 is 0. The first-order valence-electron chi connectivity index (χ1n) is 8.47. The van der Waals surface area contributed by atoms with Gasteiger partial charge in [-0.05, 0) is 40.0 Å². The number of ether oxygens (including phenoxy) is 1. The monoisotopic (exact) mass is 347 g/mol. The van der Waals surface area contributed by atoms with Gasteiger partial charge in [0, 0.05) is 30.9 Å². The molecule has 1 aliphatic rings. The second-order valence-electron chi connectivity index (χ2n) is 7.39. The first-order chi connectivity index (χ1) is 11.7. The van der Waals surface area contributed by atoms with Crippen molar-refractivity contribution in [2.45, 2.75) is 46.3 Å². The molecule has 25 heavy (non-hydrogen) atoms. The van der Waals surface area contributed by atoms with Crippen LogP contribution in [0.5, 0.6) is 0 Å². The molecule has 7 nitrogen and oxygen atoms in total. The molecule has 0 aliphatic carbocycles. The maximum absolute atomic E-state index is 11.9. The summed E-state index contributed by atoms with van der Waals surface area (Å²) in [4.78, 5) is 25.4. The minimum absolute atomic E-state index is 0.167. The molecule has 0 unspecified atom stereocenters. The Morgan fingerprint density at radius 2 is 1.88 bits per heavy atom. The van der Waals surface area contributed by atoms with Crippen molar-refractivity contribution < 1.29 is 18.9 Å². The number of nitrogens with one attached hydrogen (secondary N) is 1. The van der Waals surface area contributed by atoms with E-state index in [0.29, 0.717) is 19.0 Å². The van der Waals surface area contributed by atoms with Gasteiger partial charge < -0.3 is 9.64 Å². The third kappa shape index (κ3) is 6.52. The van der Waals surface area contributed by atoms with Gasteiger partial charge in [0.2, 0.25) is 6.54 Å². The van der Waals surface area contributed by atoms with E-state index in [1.54, 1.807) is 9.47 Å². The topological polar surface area (TPSA) is 74.9 Å². The Labute approximate surface area is 148 Å². The third-order valence-electron chi connectivity index (χ3n) is 3.67. The summed E-state index contributed by atoms with van der Waals surface area (Å²) in [6.45, 7) is 9.00. The molecule has 0 atom stereocenters. The summed E-state index contributed by atoms with van der Waals surface area (Å²) in [6.07, 6.45) is 4.13. The molecule has 1 aromatic heterocycles. The third-order valence-corrected chi connectivity index (χ3v) is 3.67. The van der Waals surface area contributed by atoms with Crippen LogP contribution in [0.3, 0.4) is 0 Å². The molecular weight excluding hydrogens is 320 g/mol. The number of amides is 2. The van der Waals surface area contributed by atoms with Crippen LogP contribution in [0.1, 0.15) is 34.1 Å². The fraction of sp³-hybridized carbons (Fsp3) is 0.556. The Morgan fingerprint density at radius 3 is 2.48 bits per heavy atom. The minimum Gasteiger partial charge on any atom is -0.444 e. The zero-order valence-corrected chi connectivity index (χ0v) is 15.4. The molecule has 1 fully saturated rings. The molecule has 2 amide bonds. The van der Waals surface area contributed by atoms with E-state index in [-0.39, 0.29) is 18.5 Å². The average molecular weight is 347 g/mol. The molecule has 2 rings (SSSR count). The predicted molar refractivity (Wildman–Crippen MR) is 93.8 cm³/mol. The highest BCUT2D eigenvalue weighted by molar-refractivity contribution is 5.84. The first-order valence-corrected chi connectivity index (χ1v) is 8.47. The molecule has 1 saturated heterocycles. The second-order valence-corrected chi connectivity index (χ2v) is 7.39. The molecule has 2 heterocycles. The molecule has 1 N–H and O–H groups in total. The van der Waals surface area contributed by atoms with Gasteiger partial charge in [-0.1, -0.05) is 6.07 Å². The average Bonchev–Trinajstić information content (AvgIpc) is 2.47. The van der Waals surface area contributed by atoms with Crippen molar-refractivity contribution in [3.8, 4) is 0 Å². The van der Waals surface area contributed by atoms with Crippen molar-refractivity contribution in [2.75, 3.05) is 13.1 Å². The number of rotatable bonds is 5. The largest absolute Gasteiger partial charge is 0.444 e. The second kappa shape index (κ2) is 8.09. The number of hydrogen-bond donors (Lipinski definition) is 1.